The van der Waals surface area contributed by atoms with Gasteiger partial charge in [0.1, 0.15) is 0 Å². The Labute approximate surface area is 58.2 Å². The number of hydrogen-bond donors (Lipinski definition) is 0. The van der Waals surface area contributed by atoms with E-state index in [0.29, 0.717) is 0 Å². The van der Waals surface area contributed by atoms with Gasteiger partial charge in [0.2, 0.25) is 0 Å². The van der Waals surface area contributed by atoms with E-state index in [1.165, 1.54) is 12.8 Å². The summed E-state index contributed by atoms with van der Waals surface area (Å²) in [6.07, 6.45) is 4.54. The third kappa shape index (κ3) is 5.54. The Bertz CT molecular complexity index is 76.6. The van der Waals surface area contributed by atoms with Crippen molar-refractivity contribution in [2.75, 3.05) is 6.54 Å². The maximum Gasteiger partial charge on any atom is 0.0391 e. The fourth-order valence-electron chi connectivity index (χ4n) is 0.607. The van der Waals surface area contributed by atoms with E-state index < -0.39 is 0 Å². The fraction of sp³-hybridized carbons (Fsp3) is 0.875. The third-order valence-electron chi connectivity index (χ3n) is 1.07. The molecule has 0 aliphatic carbocycles. The van der Waals surface area contributed by atoms with Crippen molar-refractivity contribution in [3.63, 3.8) is 0 Å². The largest absolute Gasteiger partial charge is 0.297 e. The second-order valence-corrected chi connectivity index (χ2v) is 2.53. The van der Waals surface area contributed by atoms with Crippen LogP contribution in [-0.4, -0.2) is 12.8 Å². The standard InChI is InChI=1S/C5H9N.C3H8/c1-5-2-3-6-4-5;1-3-2/h4-5H,2-3H2,1H3;3H2,1-2H3. The van der Waals surface area contributed by atoms with Crippen LogP contribution in [0.5, 0.6) is 0 Å². The van der Waals surface area contributed by atoms with Gasteiger partial charge in [-0.3, -0.25) is 4.99 Å². The lowest BCUT2D eigenvalue weighted by Gasteiger charge is -1.86. The number of aliphatic imine (C=N–C) groups is 1. The molecule has 9 heavy (non-hydrogen) atoms. The first-order valence-electron chi connectivity index (χ1n) is 3.81. The van der Waals surface area contributed by atoms with Crippen molar-refractivity contribution in [1.82, 2.24) is 0 Å². The quantitative estimate of drug-likeness (QED) is 0.474. The summed E-state index contributed by atoms with van der Waals surface area (Å²) in [7, 11) is 0. The van der Waals surface area contributed by atoms with Crippen molar-refractivity contribution in [1.29, 1.82) is 0 Å². The highest BCUT2D eigenvalue weighted by molar-refractivity contribution is 5.61. The van der Waals surface area contributed by atoms with Crippen LogP contribution in [-0.2, 0) is 0 Å². The zero-order valence-corrected chi connectivity index (χ0v) is 6.72. The minimum absolute atomic E-state index is 0.755. The van der Waals surface area contributed by atoms with E-state index in [0.717, 1.165) is 12.5 Å². The van der Waals surface area contributed by atoms with E-state index in [1.54, 1.807) is 0 Å². The van der Waals surface area contributed by atoms with E-state index in [2.05, 4.69) is 25.8 Å². The average molecular weight is 127 g/mol. The first kappa shape index (κ1) is 8.67. The molecule has 1 rings (SSSR count). The molecule has 54 valence electrons. The molecule has 0 fully saturated rings. The van der Waals surface area contributed by atoms with E-state index in [1.807, 2.05) is 6.21 Å². The highest BCUT2D eigenvalue weighted by atomic mass is 14.7. The lowest BCUT2D eigenvalue weighted by atomic mass is 10.2. The number of rotatable bonds is 0. The first-order chi connectivity index (χ1) is 4.31. The van der Waals surface area contributed by atoms with Crippen LogP contribution in [0.2, 0.25) is 0 Å². The highest BCUT2D eigenvalue weighted by Crippen LogP contribution is 2.03. The predicted octanol–water partition coefficient (Wildman–Crippen LogP) is 2.51. The number of nitrogens with zero attached hydrogens (tertiary/aromatic N) is 1. The molecule has 1 aliphatic rings. The Balaban J connectivity index is 0.000000187. The van der Waals surface area contributed by atoms with E-state index >= 15 is 0 Å². The molecule has 0 spiro atoms. The molecule has 0 aromatic heterocycles. The van der Waals surface area contributed by atoms with Crippen molar-refractivity contribution in [3.05, 3.63) is 0 Å². The summed E-state index contributed by atoms with van der Waals surface area (Å²) in [6, 6.07) is 0. The van der Waals surface area contributed by atoms with Crippen LogP contribution >= 0.6 is 0 Å². The van der Waals surface area contributed by atoms with Gasteiger partial charge in [0.15, 0.2) is 0 Å². The molecule has 0 bridgehead atoms. The lowest BCUT2D eigenvalue weighted by molar-refractivity contribution is 0.758. The summed E-state index contributed by atoms with van der Waals surface area (Å²) in [5.41, 5.74) is 0. The minimum Gasteiger partial charge on any atom is -0.297 e. The smallest absolute Gasteiger partial charge is 0.0391 e. The van der Waals surface area contributed by atoms with Gasteiger partial charge in [0.05, 0.1) is 0 Å². The lowest BCUT2D eigenvalue weighted by Crippen LogP contribution is -1.85. The van der Waals surface area contributed by atoms with E-state index in [4.69, 9.17) is 0 Å². The first-order valence-corrected chi connectivity index (χ1v) is 3.81. The minimum atomic E-state index is 0.755. The maximum absolute atomic E-state index is 4.04. The van der Waals surface area contributed by atoms with Crippen LogP contribution in [0.1, 0.15) is 33.6 Å². The van der Waals surface area contributed by atoms with Gasteiger partial charge < -0.3 is 0 Å². The normalized spacial score (nSPS) is 23.2. The molecular weight excluding hydrogens is 110 g/mol. The van der Waals surface area contributed by atoms with Gasteiger partial charge in [-0.15, -0.1) is 0 Å². The molecule has 1 heterocycles. The summed E-state index contributed by atoms with van der Waals surface area (Å²) >= 11 is 0. The Morgan fingerprint density at radius 1 is 1.56 bits per heavy atom. The van der Waals surface area contributed by atoms with Crippen LogP contribution in [0.25, 0.3) is 0 Å². The number of hydrogen-bond acceptors (Lipinski definition) is 1. The van der Waals surface area contributed by atoms with Crippen LogP contribution in [0.4, 0.5) is 0 Å². The second kappa shape index (κ2) is 5.80. The summed E-state index contributed by atoms with van der Waals surface area (Å²) < 4.78 is 0. The fourth-order valence-corrected chi connectivity index (χ4v) is 0.607. The molecule has 1 atom stereocenters. The molecule has 1 unspecified atom stereocenters. The summed E-state index contributed by atoms with van der Waals surface area (Å²) in [5.74, 6) is 0.755. The van der Waals surface area contributed by atoms with Gasteiger partial charge in [0.25, 0.3) is 0 Å². The molecule has 0 saturated carbocycles. The Morgan fingerprint density at radius 2 is 2.11 bits per heavy atom. The zero-order chi connectivity index (χ0) is 7.11. The van der Waals surface area contributed by atoms with Crippen LogP contribution in [0, 0.1) is 5.92 Å². The van der Waals surface area contributed by atoms with Crippen molar-refractivity contribution < 1.29 is 0 Å². The molecule has 1 heteroatoms. The summed E-state index contributed by atoms with van der Waals surface area (Å²) in [6.45, 7) is 7.50. The molecule has 0 aromatic rings. The molecule has 0 radical (unpaired) electrons. The second-order valence-electron chi connectivity index (χ2n) is 2.53. The van der Waals surface area contributed by atoms with Crippen LogP contribution in [0.3, 0.4) is 0 Å². The van der Waals surface area contributed by atoms with Crippen molar-refractivity contribution in [3.8, 4) is 0 Å². The average Bonchev–Trinajstić information content (AvgIpc) is 2.20. The van der Waals surface area contributed by atoms with Gasteiger partial charge in [-0.2, -0.15) is 0 Å². The van der Waals surface area contributed by atoms with Crippen LogP contribution < -0.4 is 0 Å². The Hall–Kier alpha value is -0.330. The molecule has 1 nitrogen and oxygen atoms in total. The van der Waals surface area contributed by atoms with E-state index in [-0.39, 0.29) is 0 Å². The molecule has 1 aliphatic heterocycles. The Morgan fingerprint density at radius 3 is 2.22 bits per heavy atom. The molecule has 0 saturated heterocycles. The summed E-state index contributed by atoms with van der Waals surface area (Å²) in [5, 5.41) is 0. The van der Waals surface area contributed by atoms with Gasteiger partial charge in [-0.05, 0) is 12.3 Å². The molecule has 0 aromatic carbocycles. The van der Waals surface area contributed by atoms with Crippen molar-refractivity contribution >= 4 is 6.21 Å². The predicted molar refractivity (Wildman–Crippen MR) is 43.1 cm³/mol. The third-order valence-corrected chi connectivity index (χ3v) is 1.07. The zero-order valence-electron chi connectivity index (χ0n) is 6.72. The molecule has 0 N–H and O–H groups in total. The molecular formula is C8H17N. The van der Waals surface area contributed by atoms with Crippen molar-refractivity contribution in [2.45, 2.75) is 33.6 Å². The van der Waals surface area contributed by atoms with Gasteiger partial charge in [0, 0.05) is 12.8 Å². The van der Waals surface area contributed by atoms with E-state index in [9.17, 15) is 0 Å². The summed E-state index contributed by atoms with van der Waals surface area (Å²) in [4.78, 5) is 4.04. The topological polar surface area (TPSA) is 12.4 Å². The van der Waals surface area contributed by atoms with Gasteiger partial charge in [-0.1, -0.05) is 27.2 Å². The van der Waals surface area contributed by atoms with Gasteiger partial charge >= 0.3 is 0 Å². The Kier molecular flexibility index (Phi) is 5.59. The monoisotopic (exact) mass is 127 g/mol. The molecule has 0 amide bonds. The SMILES string of the molecule is CC1C=NCC1.CCC. The van der Waals surface area contributed by atoms with Crippen LogP contribution in [0.15, 0.2) is 4.99 Å². The van der Waals surface area contributed by atoms with Gasteiger partial charge in [-0.25, -0.2) is 0 Å². The maximum atomic E-state index is 4.04. The van der Waals surface area contributed by atoms with Crippen molar-refractivity contribution in [2.24, 2.45) is 10.9 Å². The highest BCUT2D eigenvalue weighted by Gasteiger charge is 2.00.